The van der Waals surface area contributed by atoms with Gasteiger partial charge in [-0.05, 0) is 70.0 Å². The molecule has 1 aromatic heterocycles. The van der Waals surface area contributed by atoms with Gasteiger partial charge in [-0.3, -0.25) is 14.4 Å². The fourth-order valence-electron chi connectivity index (χ4n) is 5.86. The predicted molar refractivity (Wildman–Crippen MR) is 235 cm³/mol. The number of allylic oxidation sites excluding steroid dienone is 1. The van der Waals surface area contributed by atoms with Crippen LogP contribution in [0.4, 0.5) is 5.00 Å². The molecule has 0 atom stereocenters. The number of likely N-dealkylation sites (N-methyl/N-ethyl adjacent to an activating group) is 1. The number of hydrogen-bond acceptors (Lipinski definition) is 11. The number of phenolic OH excluding ortho intramolecular Hbond substituents is 1. The molecule has 0 saturated heterocycles. The zero-order valence-corrected chi connectivity index (χ0v) is 35.9. The molecule has 0 radical (unpaired) electrons. The molecule has 3 N–H and O–H groups in total. The average molecular weight is 866 g/mol. The van der Waals surface area contributed by atoms with Gasteiger partial charge in [0.25, 0.3) is 5.91 Å². The van der Waals surface area contributed by atoms with Crippen LogP contribution >= 0.6 is 22.9 Å². The van der Waals surface area contributed by atoms with E-state index in [-0.39, 0.29) is 35.8 Å². The molecule has 60 heavy (non-hydrogen) atoms. The zero-order chi connectivity index (χ0) is 42.8. The average Bonchev–Trinajstić information content (AvgIpc) is 3.74. The van der Waals surface area contributed by atoms with Crippen LogP contribution in [-0.2, 0) is 33.3 Å². The Labute approximate surface area is 361 Å². The van der Waals surface area contributed by atoms with Gasteiger partial charge in [-0.15, -0.1) is 22.9 Å². The van der Waals surface area contributed by atoms with Crippen molar-refractivity contribution in [1.82, 2.24) is 10.2 Å². The minimum Gasteiger partial charge on any atom is -0.508 e. The van der Waals surface area contributed by atoms with E-state index in [2.05, 4.69) is 29.7 Å². The van der Waals surface area contributed by atoms with Crippen molar-refractivity contribution in [2.24, 2.45) is 0 Å². The lowest BCUT2D eigenvalue weighted by Crippen LogP contribution is -2.31. The molecule has 0 aliphatic carbocycles. The zero-order valence-electron chi connectivity index (χ0n) is 34.3. The van der Waals surface area contributed by atoms with Gasteiger partial charge >= 0.3 is 0 Å². The first-order valence-electron chi connectivity index (χ1n) is 20.0. The number of nitrogens with one attached hydrogen (secondary N) is 2. The van der Waals surface area contributed by atoms with Crippen molar-refractivity contribution in [1.29, 1.82) is 0 Å². The summed E-state index contributed by atoms with van der Waals surface area (Å²) in [6, 6.07) is 27.2. The van der Waals surface area contributed by atoms with Crippen LogP contribution in [0.15, 0.2) is 90.3 Å². The number of carbonyl (C=O) groups excluding carboxylic acids is 3. The van der Waals surface area contributed by atoms with E-state index in [1.54, 1.807) is 35.5 Å². The van der Waals surface area contributed by atoms with Crippen molar-refractivity contribution in [2.45, 2.75) is 19.8 Å². The second kappa shape index (κ2) is 27.9. The fraction of sp³-hybridized carbons (Fsp3) is 0.400. The van der Waals surface area contributed by atoms with Crippen molar-refractivity contribution in [2.75, 3.05) is 104 Å². The molecule has 324 valence electrons. The maximum absolute atomic E-state index is 12.6. The number of thiophene rings is 1. The molecule has 4 aromatic rings. The Bertz CT molecular complexity index is 1890. The van der Waals surface area contributed by atoms with E-state index < -0.39 is 0 Å². The van der Waals surface area contributed by atoms with Gasteiger partial charge in [0.15, 0.2) is 0 Å². The van der Waals surface area contributed by atoms with Gasteiger partial charge < -0.3 is 49.1 Å². The molecule has 4 rings (SSSR count). The minimum atomic E-state index is -0.371. The van der Waals surface area contributed by atoms with Crippen LogP contribution in [0.3, 0.4) is 0 Å². The summed E-state index contributed by atoms with van der Waals surface area (Å²) in [5.41, 5.74) is 5.91. The van der Waals surface area contributed by atoms with Crippen molar-refractivity contribution < 1.29 is 47.9 Å². The van der Waals surface area contributed by atoms with Gasteiger partial charge in [0.1, 0.15) is 29.0 Å². The van der Waals surface area contributed by atoms with E-state index in [1.807, 2.05) is 54.6 Å². The topological polar surface area (TPSA) is 154 Å². The number of rotatable bonds is 29. The summed E-state index contributed by atoms with van der Waals surface area (Å²) in [5, 5.41) is 17.4. The van der Waals surface area contributed by atoms with E-state index in [1.165, 1.54) is 16.9 Å². The number of anilines is 1. The van der Waals surface area contributed by atoms with Crippen molar-refractivity contribution in [3.8, 4) is 11.5 Å². The Balaban J connectivity index is 0.977. The Morgan fingerprint density at radius 1 is 0.700 bits per heavy atom. The summed E-state index contributed by atoms with van der Waals surface area (Å²) >= 11 is 6.76. The highest BCUT2D eigenvalue weighted by atomic mass is 35.5. The molecule has 0 spiro atoms. The number of amides is 3. The first-order chi connectivity index (χ1) is 29.3. The SMILES string of the molecule is CC/C(=C(\c1ccc(O)cc1)c1ccc(OCCN(C)C(=O)CCOCCOCCOCCOCCOCCNC(=O)c2ccsc2NC(=O)CCl)cc1)c1ccccc1. The fourth-order valence-corrected chi connectivity index (χ4v) is 6.73. The van der Waals surface area contributed by atoms with Crippen LogP contribution in [0, 0.1) is 0 Å². The van der Waals surface area contributed by atoms with Crippen LogP contribution in [0.2, 0.25) is 0 Å². The molecule has 0 aliphatic rings. The van der Waals surface area contributed by atoms with Gasteiger partial charge in [0, 0.05) is 13.6 Å². The number of aromatic hydroxyl groups is 1. The van der Waals surface area contributed by atoms with Gasteiger partial charge in [-0.25, -0.2) is 0 Å². The third-order valence-corrected chi connectivity index (χ3v) is 10.0. The molecule has 1 heterocycles. The van der Waals surface area contributed by atoms with E-state index in [0.29, 0.717) is 102 Å². The van der Waals surface area contributed by atoms with Crippen LogP contribution in [0.25, 0.3) is 11.1 Å². The summed E-state index contributed by atoms with van der Waals surface area (Å²) in [7, 11) is 1.75. The molecule has 3 aromatic carbocycles. The summed E-state index contributed by atoms with van der Waals surface area (Å²) in [6.45, 7) is 7.08. The molecule has 0 fully saturated rings. The normalized spacial score (nSPS) is 11.5. The maximum Gasteiger partial charge on any atom is 0.254 e. The third-order valence-electron chi connectivity index (χ3n) is 8.96. The number of halogens is 1. The van der Waals surface area contributed by atoms with E-state index in [0.717, 1.165) is 28.7 Å². The molecule has 0 bridgehead atoms. The Kier molecular flexibility index (Phi) is 22.2. The van der Waals surface area contributed by atoms with Crippen LogP contribution in [0.1, 0.15) is 46.8 Å². The van der Waals surface area contributed by atoms with E-state index in [4.69, 9.17) is 40.0 Å². The van der Waals surface area contributed by atoms with Gasteiger partial charge in [-0.1, -0.05) is 61.5 Å². The van der Waals surface area contributed by atoms with Crippen molar-refractivity contribution in [3.63, 3.8) is 0 Å². The largest absolute Gasteiger partial charge is 0.508 e. The lowest BCUT2D eigenvalue weighted by molar-refractivity contribution is -0.131. The van der Waals surface area contributed by atoms with Crippen molar-refractivity contribution in [3.05, 3.63) is 113 Å². The molecule has 3 amide bonds. The molecule has 0 saturated carbocycles. The number of alkyl halides is 1. The van der Waals surface area contributed by atoms with Gasteiger partial charge in [0.2, 0.25) is 11.8 Å². The van der Waals surface area contributed by atoms with Crippen LogP contribution in [0.5, 0.6) is 11.5 Å². The number of benzene rings is 3. The molecular weight excluding hydrogens is 810 g/mol. The summed E-state index contributed by atoms with van der Waals surface area (Å²) in [6.07, 6.45) is 1.09. The Hall–Kier alpha value is -4.80. The quantitative estimate of drug-likeness (QED) is 0.0304. The Morgan fingerprint density at radius 2 is 1.27 bits per heavy atom. The minimum absolute atomic E-state index is 0.0294. The lowest BCUT2D eigenvalue weighted by Gasteiger charge is -2.18. The predicted octanol–water partition coefficient (Wildman–Crippen LogP) is 6.74. The molecule has 15 heteroatoms. The molecule has 13 nitrogen and oxygen atoms in total. The smallest absolute Gasteiger partial charge is 0.254 e. The van der Waals surface area contributed by atoms with Gasteiger partial charge in [-0.2, -0.15) is 0 Å². The standard InChI is InChI=1S/C45H56ClN3O10S/c1-3-39(34-7-5-4-6-8-34)43(35-9-13-37(50)14-10-35)36-11-15-38(16-12-36)59-23-20-49(2)42(52)17-21-54-24-26-56-28-30-58-31-29-57-27-25-55-22-19-47-44(53)40-18-32-60-45(40)48-41(51)33-46/h4-16,18,32,50H,3,17,19-31,33H2,1-2H3,(H,47,53)(H,48,51)/b43-39-. The van der Waals surface area contributed by atoms with Crippen molar-refractivity contribution >= 4 is 56.8 Å². The highest BCUT2D eigenvalue weighted by Gasteiger charge is 2.16. The third kappa shape index (κ3) is 17.1. The maximum atomic E-state index is 12.6. The first kappa shape index (κ1) is 47.9. The second-order valence-electron chi connectivity index (χ2n) is 13.2. The highest BCUT2D eigenvalue weighted by Crippen LogP contribution is 2.35. The van der Waals surface area contributed by atoms with Crippen LogP contribution < -0.4 is 15.4 Å². The molecular formula is C45H56ClN3O10S. The van der Waals surface area contributed by atoms with Gasteiger partial charge in [0.05, 0.1) is 84.6 Å². The summed E-state index contributed by atoms with van der Waals surface area (Å²) in [4.78, 5) is 38.1. The number of carbonyl (C=O) groups is 3. The number of phenols is 1. The number of hydrogen-bond donors (Lipinski definition) is 3. The molecule has 0 unspecified atom stereocenters. The number of ether oxygens (including phenoxy) is 6. The first-order valence-corrected chi connectivity index (χ1v) is 21.4. The number of nitrogens with zero attached hydrogens (tertiary/aromatic N) is 1. The monoisotopic (exact) mass is 865 g/mol. The Morgan fingerprint density at radius 3 is 1.85 bits per heavy atom. The lowest BCUT2D eigenvalue weighted by atomic mass is 9.88. The summed E-state index contributed by atoms with van der Waals surface area (Å²) < 4.78 is 33.6. The van der Waals surface area contributed by atoms with E-state index in [9.17, 15) is 19.5 Å². The van der Waals surface area contributed by atoms with Crippen LogP contribution in [-0.4, -0.2) is 126 Å². The highest BCUT2D eigenvalue weighted by molar-refractivity contribution is 7.14. The summed E-state index contributed by atoms with van der Waals surface area (Å²) in [5.74, 6) is 0.0543. The van der Waals surface area contributed by atoms with E-state index >= 15 is 0 Å². The molecule has 0 aliphatic heterocycles. The second-order valence-corrected chi connectivity index (χ2v) is 14.4.